The van der Waals surface area contributed by atoms with Crippen LogP contribution in [0.3, 0.4) is 0 Å². The van der Waals surface area contributed by atoms with Crippen molar-refractivity contribution in [1.82, 2.24) is 0 Å². The van der Waals surface area contributed by atoms with E-state index in [-0.39, 0.29) is 45.9 Å². The summed E-state index contributed by atoms with van der Waals surface area (Å²) in [4.78, 5) is 0. The van der Waals surface area contributed by atoms with E-state index in [4.69, 9.17) is 4.42 Å². The number of furan rings is 1. The zero-order valence-corrected chi connectivity index (χ0v) is 32.4. The van der Waals surface area contributed by atoms with Crippen LogP contribution >= 0.6 is 0 Å². The molecule has 9 aromatic rings. The molecule has 8 aromatic carbocycles. The molecule has 18 nitrogen and oxygen atoms in total. The number of hydrogen-bond acceptors (Lipinski definition) is 18. The number of phenols is 17. The molecule has 2 saturated carbocycles. The number of fused-ring (bicyclic) bond motifs is 9. The van der Waals surface area contributed by atoms with Gasteiger partial charge in [-0.2, -0.15) is 0 Å². The van der Waals surface area contributed by atoms with Gasteiger partial charge in [-0.15, -0.1) is 0 Å². The average molecular weight is 873 g/mol. The Balaban J connectivity index is 1.53. The van der Waals surface area contributed by atoms with E-state index < -0.39 is 175 Å². The summed E-state index contributed by atoms with van der Waals surface area (Å²) >= 11 is 0. The van der Waals surface area contributed by atoms with E-state index in [0.717, 1.165) is 0 Å². The number of hydrogen-bond donors (Lipinski definition) is 17. The highest BCUT2D eigenvalue weighted by molar-refractivity contribution is 6.36. The van der Waals surface area contributed by atoms with E-state index in [1.165, 1.54) is 12.1 Å². The maximum atomic E-state index is 12.4. The Morgan fingerprint density at radius 3 is 1.11 bits per heavy atom. The maximum absolute atomic E-state index is 12.4. The number of benzene rings is 8. The van der Waals surface area contributed by atoms with E-state index in [2.05, 4.69) is 0 Å². The van der Waals surface area contributed by atoms with Crippen LogP contribution in [0.5, 0.6) is 97.7 Å². The zero-order valence-electron chi connectivity index (χ0n) is 32.4. The highest BCUT2D eigenvalue weighted by Gasteiger charge is 2.42. The Bertz CT molecular complexity index is 3700. The van der Waals surface area contributed by atoms with Gasteiger partial charge in [0.1, 0.15) is 11.3 Å². The molecule has 17 N–H and O–H groups in total. The van der Waals surface area contributed by atoms with Gasteiger partial charge in [0.05, 0.1) is 21.5 Å². The van der Waals surface area contributed by atoms with Gasteiger partial charge in [-0.05, 0) is 54.2 Å². The molecule has 0 radical (unpaired) electrons. The summed E-state index contributed by atoms with van der Waals surface area (Å²) < 4.78 is 6.24. The summed E-state index contributed by atoms with van der Waals surface area (Å²) in [5.74, 6) is -20.7. The minimum absolute atomic E-state index is 0.0760. The van der Waals surface area contributed by atoms with Crippen LogP contribution in [-0.2, 0) is 0 Å². The number of phenolic OH excluding ortho intramolecular Hbond substituents is 17. The molecule has 0 atom stereocenters. The van der Waals surface area contributed by atoms with Crippen LogP contribution < -0.4 is 0 Å². The first kappa shape index (κ1) is 38.1. The Hall–Kier alpha value is -8.80. The Morgan fingerprint density at radius 2 is 0.609 bits per heavy atom. The predicted molar refractivity (Wildman–Crippen MR) is 227 cm³/mol. The predicted octanol–water partition coefficient (Wildman–Crippen LogP) is 8.28. The largest absolute Gasteiger partial charge is 0.507 e. The molecule has 2 fully saturated rings. The van der Waals surface area contributed by atoms with Crippen LogP contribution in [0.1, 0.15) is 48.6 Å². The fraction of sp³-hybridized carbons (Fsp3) is 0.130. The van der Waals surface area contributed by atoms with Crippen LogP contribution in [-0.4, -0.2) is 86.8 Å². The quantitative estimate of drug-likeness (QED) is 0.0449. The molecule has 1 heterocycles. The van der Waals surface area contributed by atoms with Crippen molar-refractivity contribution in [3.05, 3.63) is 41.5 Å². The van der Waals surface area contributed by atoms with Crippen molar-refractivity contribution in [2.24, 2.45) is 0 Å². The van der Waals surface area contributed by atoms with Crippen LogP contribution in [0.25, 0.3) is 87.3 Å². The Morgan fingerprint density at radius 1 is 0.281 bits per heavy atom. The lowest BCUT2D eigenvalue weighted by atomic mass is 9.78. The summed E-state index contributed by atoms with van der Waals surface area (Å²) in [7, 11) is 0. The first-order valence-corrected chi connectivity index (χ1v) is 19.6. The van der Waals surface area contributed by atoms with Crippen molar-refractivity contribution in [2.45, 2.75) is 37.5 Å². The van der Waals surface area contributed by atoms with Gasteiger partial charge in [0.15, 0.2) is 63.1 Å². The highest BCUT2D eigenvalue weighted by Crippen LogP contribution is 2.68. The average Bonchev–Trinajstić information content (AvgIpc) is 4.24. The van der Waals surface area contributed by atoms with Crippen molar-refractivity contribution in [3.63, 3.8) is 0 Å². The van der Waals surface area contributed by atoms with E-state index in [9.17, 15) is 86.8 Å². The van der Waals surface area contributed by atoms with Gasteiger partial charge in [0.25, 0.3) is 0 Å². The van der Waals surface area contributed by atoms with Gasteiger partial charge >= 0.3 is 0 Å². The second kappa shape index (κ2) is 12.2. The van der Waals surface area contributed by atoms with Gasteiger partial charge in [0, 0.05) is 49.0 Å². The van der Waals surface area contributed by atoms with E-state index in [1.54, 1.807) is 18.2 Å². The fourth-order valence-corrected chi connectivity index (χ4v) is 9.67. The fourth-order valence-electron chi connectivity index (χ4n) is 9.67. The van der Waals surface area contributed by atoms with Crippen molar-refractivity contribution in [2.75, 3.05) is 0 Å². The van der Waals surface area contributed by atoms with E-state index in [1.807, 2.05) is 0 Å². The molecule has 324 valence electrons. The molecule has 0 amide bonds. The van der Waals surface area contributed by atoms with Crippen molar-refractivity contribution >= 4 is 65.0 Å². The zero-order chi connectivity index (χ0) is 45.4. The van der Waals surface area contributed by atoms with E-state index in [0.29, 0.717) is 12.8 Å². The van der Waals surface area contributed by atoms with Gasteiger partial charge in [-0.3, -0.25) is 0 Å². The van der Waals surface area contributed by atoms with Gasteiger partial charge < -0.3 is 91.2 Å². The lowest BCUT2D eigenvalue weighted by molar-refractivity contribution is 0.349. The van der Waals surface area contributed by atoms with Crippen LogP contribution in [0.4, 0.5) is 0 Å². The molecule has 0 unspecified atom stereocenters. The molecule has 1 aromatic heterocycles. The molecule has 2 aliphatic carbocycles. The third-order valence-electron chi connectivity index (χ3n) is 12.8. The summed E-state index contributed by atoms with van der Waals surface area (Å²) in [6.07, 6.45) is 1.49. The lowest BCUT2D eigenvalue weighted by Gasteiger charge is -2.26. The molecular weight excluding hydrogens is 840 g/mol. The molecule has 0 bridgehead atoms. The maximum Gasteiger partial charge on any atom is 0.205 e. The van der Waals surface area contributed by atoms with Gasteiger partial charge in [-0.25, -0.2) is 0 Å². The van der Waals surface area contributed by atoms with Crippen molar-refractivity contribution in [3.8, 4) is 120 Å². The molecule has 0 saturated heterocycles. The molecule has 2 aliphatic rings. The topological polar surface area (TPSA) is 357 Å². The van der Waals surface area contributed by atoms with Crippen molar-refractivity contribution < 1.29 is 91.2 Å². The molecule has 0 aliphatic heterocycles. The summed E-state index contributed by atoms with van der Waals surface area (Å²) in [5.41, 5.74) is -2.34. The number of rotatable bonds is 4. The normalized spacial score (nSPS) is 14.3. The van der Waals surface area contributed by atoms with Crippen LogP contribution in [0.15, 0.2) is 34.7 Å². The lowest BCUT2D eigenvalue weighted by Crippen LogP contribution is -2.00. The summed E-state index contributed by atoms with van der Waals surface area (Å²) in [5, 5.41) is 190. The minimum atomic E-state index is -1.33. The van der Waals surface area contributed by atoms with Gasteiger partial charge in [-0.1, -0.05) is 30.3 Å². The smallest absolute Gasteiger partial charge is 0.205 e. The first-order chi connectivity index (χ1) is 30.4. The Kier molecular flexibility index (Phi) is 7.26. The van der Waals surface area contributed by atoms with Crippen LogP contribution in [0, 0.1) is 0 Å². The van der Waals surface area contributed by atoms with Gasteiger partial charge in [0.2, 0.25) is 34.5 Å². The minimum Gasteiger partial charge on any atom is -0.507 e. The van der Waals surface area contributed by atoms with Crippen molar-refractivity contribution in [1.29, 1.82) is 0 Å². The summed E-state index contributed by atoms with van der Waals surface area (Å²) in [6.45, 7) is 0. The van der Waals surface area contributed by atoms with E-state index >= 15 is 0 Å². The SMILES string of the molecule is Oc1c(O)c(O)c2c(-c3c(C4CC4)c4c(oc5c6c(O)c(O)c(O)c(O)c6c(O)c(O)c54)c4c(O)c(O)c(O)c(O)c34)c3c(O)c(O)c(C4CC4)c(O)c3c(-c3ccccc3)c2c1O. The summed E-state index contributed by atoms with van der Waals surface area (Å²) in [6, 6.07) is 7.84. The third-order valence-corrected chi connectivity index (χ3v) is 12.8. The second-order valence-corrected chi connectivity index (χ2v) is 16.3. The highest BCUT2D eigenvalue weighted by atomic mass is 16.4. The first-order valence-electron chi connectivity index (χ1n) is 19.6. The molecule has 64 heavy (non-hydrogen) atoms. The molecule has 18 heteroatoms. The molecular formula is C46H32O18. The molecule has 0 spiro atoms. The second-order valence-electron chi connectivity index (χ2n) is 16.3. The Labute approximate surface area is 354 Å². The third kappa shape index (κ3) is 4.42. The monoisotopic (exact) mass is 872 g/mol. The standard InChI is InChI=1S/C46H32O18/c47-28-15(12-8-9-12)29(48)30(49)20-17(21-19(31(50)39(58)40(59)32(21)51)14(18(20)28)10-4-2-1-3-5-10)16-13(11-6-7-11)23-26-36(55)34(53)24-27(38(57)44(63)42(61)35(24)54)46(26)64-45(23)25-22(16)33(52)41(60)43(62)37(25)56/h1-5,11-12,47-63H,6-9H2. The molecule has 11 rings (SSSR count). The van der Waals surface area contributed by atoms with Crippen LogP contribution in [0.2, 0.25) is 0 Å². The number of aromatic hydroxyl groups is 17.